The monoisotopic (exact) mass is 507 g/mol. The molecule has 1 N–H and O–H groups in total. The number of hydrogen-bond donors (Lipinski definition) is 1. The summed E-state index contributed by atoms with van der Waals surface area (Å²) in [6, 6.07) is 17.2. The zero-order valence-electron chi connectivity index (χ0n) is 20.5. The molecule has 36 heavy (non-hydrogen) atoms. The van der Waals surface area contributed by atoms with Crippen LogP contribution in [-0.4, -0.2) is 28.8 Å². The molecule has 4 rings (SSSR count). The van der Waals surface area contributed by atoms with Crippen LogP contribution in [0.1, 0.15) is 49.1 Å². The molecule has 0 radical (unpaired) electrons. The average molecular weight is 508 g/mol. The third kappa shape index (κ3) is 4.86. The Morgan fingerprint density at radius 1 is 1.03 bits per heavy atom. The minimum absolute atomic E-state index is 0.0353. The van der Waals surface area contributed by atoms with Crippen molar-refractivity contribution in [2.45, 2.75) is 38.8 Å². The second kappa shape index (κ2) is 9.78. The van der Waals surface area contributed by atoms with Gasteiger partial charge in [-0.25, -0.2) is 4.39 Å². The van der Waals surface area contributed by atoms with Crippen molar-refractivity contribution in [3.63, 3.8) is 0 Å². The second-order valence-electron chi connectivity index (χ2n) is 9.77. The third-order valence-corrected chi connectivity index (χ3v) is 6.62. The summed E-state index contributed by atoms with van der Waals surface area (Å²) in [5.74, 6) is -1.85. The number of aliphatic hydroxyl groups is 1. The Kier molecular flexibility index (Phi) is 6.92. The summed E-state index contributed by atoms with van der Waals surface area (Å²) in [4.78, 5) is 27.9. The summed E-state index contributed by atoms with van der Waals surface area (Å²) < 4.78 is 18.6. The Morgan fingerprint density at radius 3 is 2.22 bits per heavy atom. The van der Waals surface area contributed by atoms with E-state index in [9.17, 15) is 19.1 Å². The quantitative estimate of drug-likeness (QED) is 0.246. The predicted octanol–water partition coefficient (Wildman–Crippen LogP) is 6.41. The van der Waals surface area contributed by atoms with Crippen molar-refractivity contribution >= 4 is 29.1 Å². The molecule has 1 aliphatic rings. The molecule has 1 aliphatic heterocycles. The number of ether oxygens (including phenoxy) is 1. The van der Waals surface area contributed by atoms with Crippen molar-refractivity contribution in [2.75, 3.05) is 7.11 Å². The Balaban J connectivity index is 1.86. The summed E-state index contributed by atoms with van der Waals surface area (Å²) in [5, 5.41) is 11.5. The van der Waals surface area contributed by atoms with Crippen molar-refractivity contribution in [3.05, 3.63) is 105 Å². The van der Waals surface area contributed by atoms with Gasteiger partial charge in [-0.15, -0.1) is 0 Å². The first-order chi connectivity index (χ1) is 17.0. The first-order valence-electron chi connectivity index (χ1n) is 11.5. The number of likely N-dealkylation sites (tertiary alicyclic amines) is 1. The van der Waals surface area contributed by atoms with Crippen LogP contribution >= 0.6 is 11.6 Å². The fraction of sp³-hybridized carbons (Fsp3) is 0.241. The van der Waals surface area contributed by atoms with Gasteiger partial charge in [0.1, 0.15) is 17.3 Å². The standard InChI is InChI=1S/C29H27ClFNO4/c1-29(2,3)20-10-7-18(8-11-20)25-24(26(33)19-9-14-23(36-4)22(30)15-19)27(34)28(35)32(25)16-17-5-12-21(31)13-6-17/h5-15,25,33H,16H2,1-4H3/b26-24-. The summed E-state index contributed by atoms with van der Waals surface area (Å²) in [6.45, 7) is 6.35. The fourth-order valence-electron chi connectivity index (χ4n) is 4.31. The van der Waals surface area contributed by atoms with Crippen LogP contribution in [0.15, 0.2) is 72.3 Å². The minimum atomic E-state index is -0.843. The van der Waals surface area contributed by atoms with Crippen LogP contribution < -0.4 is 4.74 Å². The summed E-state index contributed by atoms with van der Waals surface area (Å²) in [7, 11) is 1.48. The molecular formula is C29H27ClFNO4. The number of halogens is 2. The molecular weight excluding hydrogens is 481 g/mol. The van der Waals surface area contributed by atoms with E-state index in [4.69, 9.17) is 16.3 Å². The van der Waals surface area contributed by atoms with Gasteiger partial charge in [-0.2, -0.15) is 0 Å². The van der Waals surface area contributed by atoms with Crippen LogP contribution in [0.3, 0.4) is 0 Å². The maximum atomic E-state index is 13.5. The SMILES string of the molecule is COc1ccc(/C(O)=C2/C(=O)C(=O)N(Cc3ccc(F)cc3)C2c2ccc(C(C)(C)C)cc2)cc1Cl. The van der Waals surface area contributed by atoms with Crippen LogP contribution in [-0.2, 0) is 21.5 Å². The number of amides is 1. The molecule has 3 aromatic rings. The molecule has 1 saturated heterocycles. The highest BCUT2D eigenvalue weighted by Gasteiger charge is 2.46. The molecule has 0 aliphatic carbocycles. The van der Waals surface area contributed by atoms with Gasteiger partial charge in [-0.3, -0.25) is 9.59 Å². The van der Waals surface area contributed by atoms with E-state index in [1.54, 1.807) is 24.3 Å². The van der Waals surface area contributed by atoms with Crippen LogP contribution in [0.5, 0.6) is 5.75 Å². The number of methoxy groups -OCH3 is 1. The number of carbonyl (C=O) groups excluding carboxylic acids is 2. The van der Waals surface area contributed by atoms with E-state index in [-0.39, 0.29) is 33.9 Å². The van der Waals surface area contributed by atoms with E-state index in [1.165, 1.54) is 30.2 Å². The smallest absolute Gasteiger partial charge is 0.295 e. The molecule has 7 heteroatoms. The Bertz CT molecular complexity index is 1340. The van der Waals surface area contributed by atoms with E-state index in [2.05, 4.69) is 20.8 Å². The molecule has 0 saturated carbocycles. The molecule has 1 heterocycles. The highest BCUT2D eigenvalue weighted by atomic mass is 35.5. The van der Waals surface area contributed by atoms with Gasteiger partial charge in [0, 0.05) is 12.1 Å². The number of aliphatic hydroxyl groups excluding tert-OH is 1. The summed E-state index contributed by atoms with van der Waals surface area (Å²) in [5.41, 5.74) is 2.58. The topological polar surface area (TPSA) is 66.8 Å². The maximum Gasteiger partial charge on any atom is 0.295 e. The molecule has 0 bridgehead atoms. The number of benzene rings is 3. The van der Waals surface area contributed by atoms with Gasteiger partial charge < -0.3 is 14.7 Å². The van der Waals surface area contributed by atoms with E-state index >= 15 is 0 Å². The number of Topliss-reactive ketones (excluding diaryl/α,β-unsaturated/α-hetero) is 1. The molecule has 1 amide bonds. The van der Waals surface area contributed by atoms with E-state index < -0.39 is 23.5 Å². The van der Waals surface area contributed by atoms with Crippen LogP contribution in [0.25, 0.3) is 5.76 Å². The minimum Gasteiger partial charge on any atom is -0.507 e. The van der Waals surface area contributed by atoms with E-state index in [1.807, 2.05) is 24.3 Å². The van der Waals surface area contributed by atoms with Gasteiger partial charge >= 0.3 is 0 Å². The third-order valence-electron chi connectivity index (χ3n) is 6.32. The lowest BCUT2D eigenvalue weighted by atomic mass is 9.85. The molecule has 0 aromatic heterocycles. The number of rotatable bonds is 5. The number of ketones is 1. The van der Waals surface area contributed by atoms with Gasteiger partial charge in [-0.1, -0.05) is 68.8 Å². The lowest BCUT2D eigenvalue weighted by molar-refractivity contribution is -0.140. The lowest BCUT2D eigenvalue weighted by Crippen LogP contribution is -2.29. The molecule has 1 atom stereocenters. The first kappa shape index (κ1) is 25.5. The summed E-state index contributed by atoms with van der Waals surface area (Å²) in [6.07, 6.45) is 0. The van der Waals surface area contributed by atoms with Gasteiger partial charge in [0.05, 0.1) is 23.7 Å². The Hall–Kier alpha value is -3.64. The zero-order chi connectivity index (χ0) is 26.2. The van der Waals surface area contributed by atoms with Crippen molar-refractivity contribution in [3.8, 4) is 5.75 Å². The number of carbonyl (C=O) groups is 2. The molecule has 1 unspecified atom stereocenters. The van der Waals surface area contributed by atoms with Gasteiger partial charge in [0.2, 0.25) is 0 Å². The van der Waals surface area contributed by atoms with Gasteiger partial charge in [-0.05, 0) is 52.4 Å². The fourth-order valence-corrected chi connectivity index (χ4v) is 4.57. The average Bonchev–Trinajstić information content (AvgIpc) is 3.09. The van der Waals surface area contributed by atoms with Crippen molar-refractivity contribution in [1.82, 2.24) is 4.90 Å². The van der Waals surface area contributed by atoms with Crippen LogP contribution in [0, 0.1) is 5.82 Å². The normalized spacial score (nSPS) is 17.5. The van der Waals surface area contributed by atoms with Gasteiger partial charge in [0.25, 0.3) is 11.7 Å². The Labute approximate surface area is 214 Å². The van der Waals surface area contributed by atoms with E-state index in [0.717, 1.165) is 5.56 Å². The lowest BCUT2D eigenvalue weighted by Gasteiger charge is -2.26. The van der Waals surface area contributed by atoms with Crippen LogP contribution in [0.4, 0.5) is 4.39 Å². The molecule has 3 aromatic carbocycles. The first-order valence-corrected chi connectivity index (χ1v) is 11.9. The highest BCUT2D eigenvalue weighted by Crippen LogP contribution is 2.41. The second-order valence-corrected chi connectivity index (χ2v) is 10.2. The number of hydrogen-bond acceptors (Lipinski definition) is 4. The van der Waals surface area contributed by atoms with Crippen molar-refractivity contribution in [2.24, 2.45) is 0 Å². The molecule has 186 valence electrons. The highest BCUT2D eigenvalue weighted by molar-refractivity contribution is 6.46. The summed E-state index contributed by atoms with van der Waals surface area (Å²) >= 11 is 6.26. The molecule has 1 fully saturated rings. The predicted molar refractivity (Wildman–Crippen MR) is 137 cm³/mol. The maximum absolute atomic E-state index is 13.5. The number of nitrogens with zero attached hydrogens (tertiary/aromatic N) is 1. The van der Waals surface area contributed by atoms with E-state index in [0.29, 0.717) is 16.9 Å². The van der Waals surface area contributed by atoms with Crippen LogP contribution in [0.2, 0.25) is 5.02 Å². The largest absolute Gasteiger partial charge is 0.507 e. The molecule has 5 nitrogen and oxygen atoms in total. The van der Waals surface area contributed by atoms with Gasteiger partial charge in [0.15, 0.2) is 0 Å². The Morgan fingerprint density at radius 2 is 1.67 bits per heavy atom. The van der Waals surface area contributed by atoms with Crippen molar-refractivity contribution < 1.29 is 23.8 Å². The molecule has 0 spiro atoms. The zero-order valence-corrected chi connectivity index (χ0v) is 21.3. The van der Waals surface area contributed by atoms with Crippen molar-refractivity contribution in [1.29, 1.82) is 0 Å².